The fraction of sp³-hybridized carbons (Fsp3) is 0.300. The van der Waals surface area contributed by atoms with Crippen molar-refractivity contribution in [3.05, 3.63) is 54.3 Å². The van der Waals surface area contributed by atoms with Crippen LogP contribution in [0, 0.1) is 5.82 Å². The van der Waals surface area contributed by atoms with Gasteiger partial charge in [0, 0.05) is 6.54 Å². The third kappa shape index (κ3) is 6.15. The normalized spacial score (nSPS) is 11.2. The number of thioether (sulfide) groups is 1. The minimum Gasteiger partial charge on any atom is -0.494 e. The number of ether oxygens (including phenoxy) is 1. The van der Waals surface area contributed by atoms with Crippen LogP contribution in [0.5, 0.6) is 5.75 Å². The number of rotatable bonds is 10. The summed E-state index contributed by atoms with van der Waals surface area (Å²) >= 11 is 0.325. The first-order chi connectivity index (χ1) is 14.0. The second kappa shape index (κ2) is 10.2. The van der Waals surface area contributed by atoms with Crippen molar-refractivity contribution in [3.8, 4) is 5.75 Å². The summed E-state index contributed by atoms with van der Waals surface area (Å²) in [7, 11) is 0. The summed E-state index contributed by atoms with van der Waals surface area (Å²) in [6, 6.07) is 12.8. The third-order valence-corrected chi connectivity index (χ3v) is 4.79. The Bertz CT molecular complexity index is 948. The number of hydrogen-bond donors (Lipinski definition) is 1. The Balaban J connectivity index is 1.45. The van der Waals surface area contributed by atoms with Gasteiger partial charge in [0.1, 0.15) is 18.1 Å². The molecule has 2 aromatic carbocycles. The summed E-state index contributed by atoms with van der Waals surface area (Å²) in [6.45, 7) is 0.806. The minimum atomic E-state index is -2.62. The van der Waals surface area contributed by atoms with E-state index in [1.54, 1.807) is 36.4 Å². The first-order valence-electron chi connectivity index (χ1n) is 9.08. The van der Waals surface area contributed by atoms with Crippen LogP contribution >= 0.6 is 11.8 Å². The summed E-state index contributed by atoms with van der Waals surface area (Å²) in [5, 5.41) is 2.90. The standard InChI is InChI=1S/C20H20F3N3O2S/c21-14-7-9-15(10-8-14)28-12-4-3-11-24-18(27)13-26-17-6-2-1-5-16(17)25-20(26)29-19(22)23/h1-2,5-10,19H,3-4,11-13H2,(H,24,27). The molecule has 29 heavy (non-hydrogen) atoms. The molecule has 0 atom stereocenters. The van der Waals surface area contributed by atoms with Crippen LogP contribution in [0.15, 0.2) is 53.7 Å². The van der Waals surface area contributed by atoms with Gasteiger partial charge in [-0.2, -0.15) is 8.78 Å². The number of benzene rings is 2. The molecule has 0 fully saturated rings. The first-order valence-corrected chi connectivity index (χ1v) is 9.96. The van der Waals surface area contributed by atoms with Crippen LogP contribution in [0.25, 0.3) is 11.0 Å². The van der Waals surface area contributed by atoms with Gasteiger partial charge in [-0.05, 0) is 61.0 Å². The van der Waals surface area contributed by atoms with E-state index in [1.165, 1.54) is 16.7 Å². The molecule has 0 aliphatic rings. The van der Waals surface area contributed by atoms with Crippen LogP contribution in [0.2, 0.25) is 0 Å². The van der Waals surface area contributed by atoms with E-state index >= 15 is 0 Å². The Morgan fingerprint density at radius 2 is 1.90 bits per heavy atom. The summed E-state index contributed by atoms with van der Waals surface area (Å²) in [5.74, 6) is -2.62. The number of unbranched alkanes of at least 4 members (excludes halogenated alkanes) is 1. The van der Waals surface area contributed by atoms with Gasteiger partial charge in [0.05, 0.1) is 17.6 Å². The second-order valence-corrected chi connectivity index (χ2v) is 7.16. The Morgan fingerprint density at radius 3 is 2.66 bits per heavy atom. The van der Waals surface area contributed by atoms with Gasteiger partial charge in [0.25, 0.3) is 5.76 Å². The first kappa shape index (κ1) is 21.0. The molecule has 1 heterocycles. The van der Waals surface area contributed by atoms with Crippen LogP contribution in [0.1, 0.15) is 12.8 Å². The van der Waals surface area contributed by atoms with Crippen LogP contribution in [-0.4, -0.2) is 34.4 Å². The van der Waals surface area contributed by atoms with Crippen molar-refractivity contribution in [2.75, 3.05) is 13.2 Å². The molecule has 0 bridgehead atoms. The van der Waals surface area contributed by atoms with Crippen molar-refractivity contribution in [2.24, 2.45) is 0 Å². The Morgan fingerprint density at radius 1 is 1.14 bits per heavy atom. The van der Waals surface area contributed by atoms with Gasteiger partial charge in [0.15, 0.2) is 5.16 Å². The van der Waals surface area contributed by atoms with Crippen LogP contribution < -0.4 is 10.1 Å². The molecule has 1 N–H and O–H groups in total. The molecule has 0 aliphatic heterocycles. The van der Waals surface area contributed by atoms with Crippen molar-refractivity contribution in [1.82, 2.24) is 14.9 Å². The molecule has 5 nitrogen and oxygen atoms in total. The highest BCUT2D eigenvalue weighted by atomic mass is 32.2. The Hall–Kier alpha value is -2.68. The third-order valence-electron chi connectivity index (χ3n) is 4.09. The van der Waals surface area contributed by atoms with Crippen LogP contribution in [0.3, 0.4) is 0 Å². The number of nitrogens with zero attached hydrogens (tertiary/aromatic N) is 2. The zero-order valence-corrected chi connectivity index (χ0v) is 16.3. The molecule has 0 unspecified atom stereocenters. The summed E-state index contributed by atoms with van der Waals surface area (Å²) in [5.41, 5.74) is 1.21. The van der Waals surface area contributed by atoms with E-state index in [0.717, 1.165) is 0 Å². The number of halogens is 3. The average Bonchev–Trinajstić information content (AvgIpc) is 3.02. The second-order valence-electron chi connectivity index (χ2n) is 6.21. The van der Waals surface area contributed by atoms with Gasteiger partial charge in [-0.15, -0.1) is 0 Å². The summed E-state index contributed by atoms with van der Waals surface area (Å²) in [6.07, 6.45) is 1.40. The molecule has 9 heteroatoms. The van der Waals surface area contributed by atoms with E-state index in [0.29, 0.717) is 54.5 Å². The molecule has 154 valence electrons. The molecule has 0 aliphatic carbocycles. The SMILES string of the molecule is O=C(Cn1c(SC(F)F)nc2ccccc21)NCCCCOc1ccc(F)cc1. The van der Waals surface area contributed by atoms with Crippen molar-refractivity contribution < 1.29 is 22.7 Å². The molecule has 1 amide bonds. The van der Waals surface area contributed by atoms with Gasteiger partial charge < -0.3 is 14.6 Å². The van der Waals surface area contributed by atoms with Crippen molar-refractivity contribution >= 4 is 28.7 Å². The van der Waals surface area contributed by atoms with Gasteiger partial charge in [-0.3, -0.25) is 4.79 Å². The zero-order chi connectivity index (χ0) is 20.6. The summed E-state index contributed by atoms with van der Waals surface area (Å²) in [4.78, 5) is 16.4. The predicted molar refractivity (Wildman–Crippen MR) is 106 cm³/mol. The number of hydrogen-bond acceptors (Lipinski definition) is 4. The molecule has 0 saturated heterocycles. The number of carbonyl (C=O) groups is 1. The molecular weight excluding hydrogens is 403 g/mol. The lowest BCUT2D eigenvalue weighted by Gasteiger charge is -2.10. The molecule has 1 aromatic heterocycles. The number of imidazole rings is 1. The maximum Gasteiger partial charge on any atom is 0.291 e. The number of fused-ring (bicyclic) bond motifs is 1. The number of alkyl halides is 2. The van der Waals surface area contributed by atoms with E-state index in [1.807, 2.05) is 0 Å². The smallest absolute Gasteiger partial charge is 0.291 e. The van der Waals surface area contributed by atoms with Crippen LogP contribution in [-0.2, 0) is 11.3 Å². The zero-order valence-electron chi connectivity index (χ0n) is 15.5. The van der Waals surface area contributed by atoms with Gasteiger partial charge in [-0.1, -0.05) is 12.1 Å². The lowest BCUT2D eigenvalue weighted by atomic mass is 10.3. The van der Waals surface area contributed by atoms with E-state index < -0.39 is 5.76 Å². The van der Waals surface area contributed by atoms with E-state index in [9.17, 15) is 18.0 Å². The lowest BCUT2D eigenvalue weighted by molar-refractivity contribution is -0.121. The van der Waals surface area contributed by atoms with Crippen molar-refractivity contribution in [3.63, 3.8) is 0 Å². The number of para-hydroxylation sites is 2. The maximum absolute atomic E-state index is 12.8. The quantitative estimate of drug-likeness (QED) is 0.386. The van der Waals surface area contributed by atoms with Crippen LogP contribution in [0.4, 0.5) is 13.2 Å². The highest BCUT2D eigenvalue weighted by molar-refractivity contribution is 7.99. The molecule has 0 spiro atoms. The van der Waals surface area contributed by atoms with E-state index in [4.69, 9.17) is 4.74 Å². The maximum atomic E-state index is 12.8. The average molecular weight is 423 g/mol. The number of amides is 1. The molecule has 0 radical (unpaired) electrons. The van der Waals surface area contributed by atoms with Crippen molar-refractivity contribution in [2.45, 2.75) is 30.3 Å². The largest absolute Gasteiger partial charge is 0.494 e. The fourth-order valence-electron chi connectivity index (χ4n) is 2.75. The lowest BCUT2D eigenvalue weighted by Crippen LogP contribution is -2.28. The minimum absolute atomic E-state index is 0.0817. The number of nitrogens with one attached hydrogen (secondary N) is 1. The van der Waals surface area contributed by atoms with Gasteiger partial charge in [-0.25, -0.2) is 9.37 Å². The van der Waals surface area contributed by atoms with Gasteiger partial charge >= 0.3 is 0 Å². The highest BCUT2D eigenvalue weighted by Gasteiger charge is 2.17. The molecule has 3 rings (SSSR count). The summed E-state index contributed by atoms with van der Waals surface area (Å²) < 4.78 is 45.4. The fourth-order valence-corrected chi connectivity index (χ4v) is 3.35. The predicted octanol–water partition coefficient (Wildman–Crippen LogP) is 4.47. The number of carbonyl (C=O) groups excluding carboxylic acids is 1. The Labute approximate surface area is 170 Å². The monoisotopic (exact) mass is 423 g/mol. The molecule has 3 aromatic rings. The van der Waals surface area contributed by atoms with E-state index in [2.05, 4.69) is 10.3 Å². The molecular formula is C20H20F3N3O2S. The Kier molecular flexibility index (Phi) is 7.40. The highest BCUT2D eigenvalue weighted by Crippen LogP contribution is 2.28. The van der Waals surface area contributed by atoms with Crippen molar-refractivity contribution in [1.29, 1.82) is 0 Å². The number of aromatic nitrogens is 2. The molecule has 0 saturated carbocycles. The van der Waals surface area contributed by atoms with Gasteiger partial charge in [0.2, 0.25) is 5.91 Å². The topological polar surface area (TPSA) is 56.2 Å². The van der Waals surface area contributed by atoms with E-state index in [-0.39, 0.29) is 23.4 Å².